The molecule has 4 aromatic rings. The Morgan fingerprint density at radius 1 is 1.09 bits per heavy atom. The van der Waals surface area contributed by atoms with Gasteiger partial charge in [0.25, 0.3) is 5.91 Å². The van der Waals surface area contributed by atoms with Gasteiger partial charge in [-0.1, -0.05) is 11.8 Å². The number of halogens is 5. The van der Waals surface area contributed by atoms with E-state index >= 15 is 0 Å². The van der Waals surface area contributed by atoms with Crippen LogP contribution in [0.2, 0.25) is 0 Å². The number of benzene rings is 1. The molecule has 0 aliphatic rings. The van der Waals surface area contributed by atoms with Crippen LogP contribution in [-0.4, -0.2) is 52.5 Å². The minimum absolute atomic E-state index is 0.0558. The highest BCUT2D eigenvalue weighted by atomic mass is 19.4. The quantitative estimate of drug-likeness (QED) is 0.137. The predicted octanol–water partition coefficient (Wildman–Crippen LogP) is 4.56. The number of nitrogens with zero attached hydrogens (tertiary/aromatic N) is 4. The first-order chi connectivity index (χ1) is 20.6. The summed E-state index contributed by atoms with van der Waals surface area (Å²) in [5.41, 5.74) is 3.48. The van der Waals surface area contributed by atoms with E-state index in [1.54, 1.807) is 7.11 Å². The third-order valence-corrected chi connectivity index (χ3v) is 5.70. The van der Waals surface area contributed by atoms with Gasteiger partial charge in [-0.25, -0.2) is 23.4 Å². The second-order valence-corrected chi connectivity index (χ2v) is 8.72. The molecule has 15 heteroatoms. The Balaban J connectivity index is 1.51. The fraction of sp³-hybridized carbons (Fsp3) is 0.214. The van der Waals surface area contributed by atoms with Gasteiger partial charge >= 0.3 is 6.18 Å². The highest BCUT2D eigenvalue weighted by Crippen LogP contribution is 2.35. The number of anilines is 2. The number of nitrogens with one attached hydrogen (secondary N) is 2. The Morgan fingerprint density at radius 3 is 2.63 bits per heavy atom. The van der Waals surface area contributed by atoms with Crippen molar-refractivity contribution < 1.29 is 36.2 Å². The summed E-state index contributed by atoms with van der Waals surface area (Å²) < 4.78 is 81.7. The number of aromatic nitrogens is 4. The summed E-state index contributed by atoms with van der Waals surface area (Å²) in [7, 11) is 1.61. The zero-order valence-corrected chi connectivity index (χ0v) is 22.5. The second kappa shape index (κ2) is 13.7. The van der Waals surface area contributed by atoms with Crippen molar-refractivity contribution >= 4 is 17.4 Å². The number of methoxy groups -OCH3 is 1. The highest BCUT2D eigenvalue weighted by molar-refractivity contribution is 6.05. The molecule has 4 rings (SSSR count). The van der Waals surface area contributed by atoms with E-state index in [1.165, 1.54) is 24.4 Å². The van der Waals surface area contributed by atoms with E-state index in [0.29, 0.717) is 25.9 Å². The summed E-state index contributed by atoms with van der Waals surface area (Å²) in [6, 6.07) is 6.74. The van der Waals surface area contributed by atoms with Crippen molar-refractivity contribution in [1.82, 2.24) is 25.1 Å². The second-order valence-electron chi connectivity index (χ2n) is 8.72. The lowest BCUT2D eigenvalue weighted by Crippen LogP contribution is -2.21. The minimum Gasteiger partial charge on any atom is -0.453 e. The molecule has 1 aromatic carbocycles. The number of ether oxygens (including phenoxy) is 2. The first-order valence-electron chi connectivity index (χ1n) is 12.6. The average Bonchev–Trinajstić information content (AvgIpc) is 3.42. The fourth-order valence-electron chi connectivity index (χ4n) is 3.75. The lowest BCUT2D eigenvalue weighted by Gasteiger charge is -2.13. The minimum atomic E-state index is -5.11. The highest BCUT2D eigenvalue weighted by Gasteiger charge is 2.41. The predicted molar refractivity (Wildman–Crippen MR) is 146 cm³/mol. The maximum Gasteiger partial charge on any atom is 0.434 e. The third-order valence-electron chi connectivity index (χ3n) is 5.70. The zero-order valence-electron chi connectivity index (χ0n) is 22.5. The molecule has 0 aliphatic heterocycles. The lowest BCUT2D eigenvalue weighted by atomic mass is 10.2. The number of carbonyl (C=O) groups excluding carboxylic acids is 1. The first-order valence-corrected chi connectivity index (χ1v) is 12.6. The topological polar surface area (TPSA) is 129 Å². The van der Waals surface area contributed by atoms with Crippen LogP contribution in [0.5, 0.6) is 11.5 Å². The number of carbonyl (C=O) groups is 1. The molecule has 43 heavy (non-hydrogen) atoms. The molecule has 3 aromatic heterocycles. The Hall–Kier alpha value is -5.07. The first kappa shape index (κ1) is 30.9. The maximum atomic E-state index is 15.0. The van der Waals surface area contributed by atoms with Gasteiger partial charge in [-0.05, 0) is 37.2 Å². The van der Waals surface area contributed by atoms with Crippen LogP contribution in [0.25, 0.3) is 5.82 Å². The summed E-state index contributed by atoms with van der Waals surface area (Å²) in [5, 5.41) is 8.81. The van der Waals surface area contributed by atoms with Gasteiger partial charge in [0.05, 0.1) is 18.3 Å². The van der Waals surface area contributed by atoms with Crippen LogP contribution in [0.3, 0.4) is 0 Å². The van der Waals surface area contributed by atoms with E-state index in [4.69, 9.17) is 15.2 Å². The Kier molecular flexibility index (Phi) is 9.86. The SMILES string of the molecule is COCCCNCC#Cc1c(Oc2ccc(NC(=O)c3cnn(-c4ncccc4F)c3C(F)(F)F)cc2F)ccnc1N. The molecule has 0 saturated heterocycles. The number of hydrogen-bond acceptors (Lipinski definition) is 8. The molecular weight excluding hydrogens is 577 g/mol. The van der Waals surface area contributed by atoms with Crippen molar-refractivity contribution in [3.05, 3.63) is 83.4 Å². The molecule has 4 N–H and O–H groups in total. The number of alkyl halides is 3. The Bertz CT molecular complexity index is 1660. The normalized spacial score (nSPS) is 11.1. The standard InChI is InChI=1S/C28H24F5N7O3/c1-42-14-4-11-35-10-2-5-18-22(9-13-36-25(18)34)43-23-8-7-17(15-21(23)30)39-27(41)19-16-38-40(24(19)28(31,32)33)26-20(29)6-3-12-37-26/h3,6-9,12-13,15-16,35H,4,10-11,14H2,1H3,(H2,34,36)(H,39,41). The Morgan fingerprint density at radius 2 is 1.91 bits per heavy atom. The maximum absolute atomic E-state index is 15.0. The third kappa shape index (κ3) is 7.61. The van der Waals surface area contributed by atoms with Crippen molar-refractivity contribution in [1.29, 1.82) is 0 Å². The summed E-state index contributed by atoms with van der Waals surface area (Å²) in [5.74, 6) is 1.56. The van der Waals surface area contributed by atoms with Gasteiger partial charge in [-0.15, -0.1) is 0 Å². The van der Waals surface area contributed by atoms with Crippen LogP contribution in [0.15, 0.2) is 55.0 Å². The van der Waals surface area contributed by atoms with Crippen LogP contribution >= 0.6 is 0 Å². The zero-order chi connectivity index (χ0) is 31.0. The average molecular weight is 602 g/mol. The molecule has 0 atom stereocenters. The van der Waals surface area contributed by atoms with Crippen molar-refractivity contribution in [2.24, 2.45) is 0 Å². The van der Waals surface area contributed by atoms with E-state index in [9.17, 15) is 26.7 Å². The molecule has 1 amide bonds. The monoisotopic (exact) mass is 601 g/mol. The van der Waals surface area contributed by atoms with Gasteiger partial charge in [0.1, 0.15) is 17.1 Å². The van der Waals surface area contributed by atoms with Gasteiger partial charge in [-0.2, -0.15) is 18.3 Å². The van der Waals surface area contributed by atoms with E-state index in [0.717, 1.165) is 30.8 Å². The van der Waals surface area contributed by atoms with Crippen LogP contribution in [0, 0.1) is 23.5 Å². The van der Waals surface area contributed by atoms with E-state index in [1.807, 2.05) is 0 Å². The Labute approximate surface area is 242 Å². The van der Waals surface area contributed by atoms with Crippen LogP contribution < -0.4 is 21.1 Å². The summed E-state index contributed by atoms with van der Waals surface area (Å²) in [4.78, 5) is 20.4. The number of amides is 1. The smallest absolute Gasteiger partial charge is 0.434 e. The van der Waals surface area contributed by atoms with E-state index in [2.05, 4.69) is 37.5 Å². The van der Waals surface area contributed by atoms with Gasteiger partial charge in [-0.3, -0.25) is 4.79 Å². The van der Waals surface area contributed by atoms with Crippen LogP contribution in [0.4, 0.5) is 33.5 Å². The summed E-state index contributed by atoms with van der Waals surface area (Å²) in [6.07, 6.45) is -1.27. The molecule has 3 heterocycles. The molecular formula is C28H24F5N7O3. The number of hydrogen-bond donors (Lipinski definition) is 3. The van der Waals surface area contributed by atoms with Crippen molar-refractivity contribution in [3.8, 4) is 29.2 Å². The van der Waals surface area contributed by atoms with E-state index < -0.39 is 40.8 Å². The van der Waals surface area contributed by atoms with Gasteiger partial charge < -0.3 is 25.8 Å². The molecule has 0 aliphatic carbocycles. The van der Waals surface area contributed by atoms with Gasteiger partial charge in [0, 0.05) is 43.9 Å². The van der Waals surface area contributed by atoms with Crippen LogP contribution in [0.1, 0.15) is 28.0 Å². The molecule has 0 radical (unpaired) electrons. The molecule has 10 nitrogen and oxygen atoms in total. The molecule has 0 bridgehead atoms. The number of rotatable bonds is 10. The van der Waals surface area contributed by atoms with Crippen molar-refractivity contribution in [2.75, 3.05) is 37.9 Å². The van der Waals surface area contributed by atoms with Crippen LogP contribution in [-0.2, 0) is 10.9 Å². The summed E-state index contributed by atoms with van der Waals surface area (Å²) in [6.45, 7) is 1.63. The van der Waals surface area contributed by atoms with E-state index in [-0.39, 0.29) is 33.2 Å². The largest absolute Gasteiger partial charge is 0.453 e. The molecule has 224 valence electrons. The molecule has 0 unspecified atom stereocenters. The molecule has 0 saturated carbocycles. The number of nitrogens with two attached hydrogens (primary N) is 1. The molecule has 0 fully saturated rings. The van der Waals surface area contributed by atoms with Crippen molar-refractivity contribution in [3.63, 3.8) is 0 Å². The lowest BCUT2D eigenvalue weighted by molar-refractivity contribution is -0.143. The number of pyridine rings is 2. The van der Waals surface area contributed by atoms with Gasteiger partial charge in [0.15, 0.2) is 28.9 Å². The molecule has 0 spiro atoms. The number of nitrogen functional groups attached to an aromatic ring is 1. The summed E-state index contributed by atoms with van der Waals surface area (Å²) >= 11 is 0. The van der Waals surface area contributed by atoms with Gasteiger partial charge in [0.2, 0.25) is 0 Å². The fourth-order valence-corrected chi connectivity index (χ4v) is 3.75. The van der Waals surface area contributed by atoms with Crippen molar-refractivity contribution in [2.45, 2.75) is 12.6 Å².